The van der Waals surface area contributed by atoms with Crippen molar-refractivity contribution in [2.24, 2.45) is 23.7 Å². The fourth-order valence-electron chi connectivity index (χ4n) is 12.7. The minimum absolute atomic E-state index is 0.188. The zero-order valence-electron chi connectivity index (χ0n) is 31.9. The molecule has 1 spiro atoms. The van der Waals surface area contributed by atoms with Crippen molar-refractivity contribution < 1.29 is 0 Å². The molecule has 0 N–H and O–H groups in total. The van der Waals surface area contributed by atoms with Crippen molar-refractivity contribution in [3.8, 4) is 27.9 Å². The lowest BCUT2D eigenvalue weighted by atomic mass is 9.59. The lowest BCUT2D eigenvalue weighted by Crippen LogP contribution is -2.40. The quantitative estimate of drug-likeness (QED) is 0.171. The maximum Gasteiger partial charge on any atom is 0.0561 e. The van der Waals surface area contributed by atoms with Gasteiger partial charge >= 0.3 is 0 Å². The van der Waals surface area contributed by atoms with Crippen molar-refractivity contribution in [1.82, 2.24) is 4.57 Å². The van der Waals surface area contributed by atoms with Crippen molar-refractivity contribution in [3.05, 3.63) is 193 Å². The van der Waals surface area contributed by atoms with Crippen LogP contribution in [-0.4, -0.2) is 4.57 Å². The molecule has 4 saturated carbocycles. The molecule has 5 aliphatic rings. The van der Waals surface area contributed by atoms with Gasteiger partial charge in [0.2, 0.25) is 0 Å². The third-order valence-electron chi connectivity index (χ3n) is 14.7. The average Bonchev–Trinajstić information content (AvgIpc) is 3.93. The van der Waals surface area contributed by atoms with Crippen LogP contribution < -0.4 is 4.90 Å². The number of fused-ring (bicyclic) bond motifs is 7. The third kappa shape index (κ3) is 4.42. The Morgan fingerprint density at radius 2 is 1.16 bits per heavy atom. The van der Waals surface area contributed by atoms with Gasteiger partial charge in [-0.25, -0.2) is 0 Å². The van der Waals surface area contributed by atoms with E-state index in [0.717, 1.165) is 40.7 Å². The first-order valence-corrected chi connectivity index (χ1v) is 20.9. The first-order chi connectivity index (χ1) is 28.2. The summed E-state index contributed by atoms with van der Waals surface area (Å²) < 4.78 is 2.41. The highest BCUT2D eigenvalue weighted by Gasteiger charge is 2.65. The van der Waals surface area contributed by atoms with Gasteiger partial charge < -0.3 is 9.47 Å². The Labute approximate surface area is 333 Å². The van der Waals surface area contributed by atoms with E-state index in [2.05, 4.69) is 191 Å². The number of aromatic nitrogens is 1. The Morgan fingerprint density at radius 1 is 0.456 bits per heavy atom. The molecule has 1 heterocycles. The van der Waals surface area contributed by atoms with Gasteiger partial charge in [-0.2, -0.15) is 0 Å². The van der Waals surface area contributed by atoms with Gasteiger partial charge in [0, 0.05) is 38.9 Å². The number of benzene rings is 8. The molecule has 2 nitrogen and oxygen atoms in total. The second-order valence-electron chi connectivity index (χ2n) is 17.4. The molecule has 5 unspecified atom stereocenters. The summed E-state index contributed by atoms with van der Waals surface area (Å²) in [6.07, 6.45) is 5.69. The molecule has 57 heavy (non-hydrogen) atoms. The Morgan fingerprint density at radius 3 is 2.05 bits per heavy atom. The van der Waals surface area contributed by atoms with E-state index >= 15 is 0 Å². The summed E-state index contributed by atoms with van der Waals surface area (Å²) in [5.41, 5.74) is 16.0. The van der Waals surface area contributed by atoms with Crippen molar-refractivity contribution in [3.63, 3.8) is 0 Å². The van der Waals surface area contributed by atoms with Gasteiger partial charge in [-0.05, 0) is 154 Å². The van der Waals surface area contributed by atoms with Crippen molar-refractivity contribution >= 4 is 49.6 Å². The average molecular weight is 731 g/mol. The fourth-order valence-corrected chi connectivity index (χ4v) is 12.7. The summed E-state index contributed by atoms with van der Waals surface area (Å²) >= 11 is 0. The Balaban J connectivity index is 0.953. The van der Waals surface area contributed by atoms with Gasteiger partial charge in [-0.3, -0.25) is 0 Å². The fraction of sp³-hybridized carbons (Fsp3) is 0.164. The number of anilines is 3. The molecule has 4 fully saturated rings. The largest absolute Gasteiger partial charge is 0.310 e. The Bertz CT molecular complexity index is 3060. The molecule has 0 saturated heterocycles. The molecule has 272 valence electrons. The van der Waals surface area contributed by atoms with Crippen LogP contribution in [0.25, 0.3) is 60.5 Å². The van der Waals surface area contributed by atoms with Crippen LogP contribution in [-0.2, 0) is 5.41 Å². The van der Waals surface area contributed by atoms with Crippen molar-refractivity contribution in [2.75, 3.05) is 4.90 Å². The molecule has 0 amide bonds. The maximum atomic E-state index is 2.61. The maximum absolute atomic E-state index is 2.61. The molecule has 5 aliphatic carbocycles. The van der Waals surface area contributed by atoms with Crippen molar-refractivity contribution in [1.29, 1.82) is 0 Å². The number of hydrogen-bond acceptors (Lipinski definition) is 1. The summed E-state index contributed by atoms with van der Waals surface area (Å²) in [7, 11) is 0. The minimum Gasteiger partial charge on any atom is -0.310 e. The molecule has 8 aromatic carbocycles. The van der Waals surface area contributed by atoms with Crippen molar-refractivity contribution in [2.45, 2.75) is 31.1 Å². The monoisotopic (exact) mass is 730 g/mol. The van der Waals surface area contributed by atoms with Gasteiger partial charge in [0.1, 0.15) is 0 Å². The van der Waals surface area contributed by atoms with Crippen LogP contribution in [0.2, 0.25) is 0 Å². The first-order valence-electron chi connectivity index (χ1n) is 20.9. The molecule has 2 heteroatoms. The van der Waals surface area contributed by atoms with E-state index in [0.29, 0.717) is 0 Å². The van der Waals surface area contributed by atoms with Gasteiger partial charge in [0.25, 0.3) is 0 Å². The highest BCUT2D eigenvalue weighted by molar-refractivity contribution is 6.10. The summed E-state index contributed by atoms with van der Waals surface area (Å²) in [4.78, 5) is 2.43. The normalized spacial score (nSPS) is 22.5. The van der Waals surface area contributed by atoms with E-state index < -0.39 is 0 Å². The van der Waals surface area contributed by atoms with E-state index in [1.165, 1.54) is 86.2 Å². The first kappa shape index (κ1) is 31.8. The van der Waals surface area contributed by atoms with Crippen LogP contribution in [0.1, 0.15) is 36.8 Å². The highest BCUT2D eigenvalue weighted by Crippen LogP contribution is 2.73. The van der Waals surface area contributed by atoms with E-state index in [1.54, 1.807) is 11.1 Å². The summed E-state index contributed by atoms with van der Waals surface area (Å²) in [5.74, 6) is 3.40. The van der Waals surface area contributed by atoms with Crippen LogP contribution in [0.4, 0.5) is 17.1 Å². The summed E-state index contributed by atoms with van der Waals surface area (Å²) in [6.45, 7) is 0. The van der Waals surface area contributed by atoms with Gasteiger partial charge in [0.15, 0.2) is 0 Å². The topological polar surface area (TPSA) is 8.17 Å². The summed E-state index contributed by atoms with van der Waals surface area (Å²) in [5, 5.41) is 5.00. The van der Waals surface area contributed by atoms with Gasteiger partial charge in [-0.15, -0.1) is 0 Å². The molecule has 0 aliphatic heterocycles. The molecule has 4 bridgehead atoms. The Kier molecular flexibility index (Phi) is 6.59. The summed E-state index contributed by atoms with van der Waals surface area (Å²) in [6, 6.07) is 68.3. The molecule has 5 atom stereocenters. The van der Waals surface area contributed by atoms with Crippen LogP contribution in [0.3, 0.4) is 0 Å². The molecular formula is C55H42N2. The zero-order valence-corrected chi connectivity index (χ0v) is 31.9. The number of rotatable bonds is 5. The molecule has 1 aromatic heterocycles. The zero-order chi connectivity index (χ0) is 37.2. The SMILES string of the molecule is c1ccc(-n2c3ccccc3c3ccc(N(c4ccc(-c5ccc6c(c5)C5(c7ccccc7-6)C6CC7CC(C6)C5C7)cc4)c4ccc5ccccc5c4)cc32)cc1. The third-order valence-corrected chi connectivity index (χ3v) is 14.7. The van der Waals surface area contributed by atoms with E-state index in [4.69, 9.17) is 0 Å². The number of hydrogen-bond donors (Lipinski definition) is 0. The number of para-hydroxylation sites is 2. The van der Waals surface area contributed by atoms with E-state index in [1.807, 2.05) is 0 Å². The molecule has 14 rings (SSSR count). The van der Waals surface area contributed by atoms with Crippen LogP contribution in [0, 0.1) is 23.7 Å². The van der Waals surface area contributed by atoms with E-state index in [9.17, 15) is 0 Å². The van der Waals surface area contributed by atoms with Gasteiger partial charge in [0.05, 0.1) is 11.0 Å². The predicted molar refractivity (Wildman–Crippen MR) is 237 cm³/mol. The van der Waals surface area contributed by atoms with Gasteiger partial charge in [-0.1, -0.05) is 121 Å². The van der Waals surface area contributed by atoms with Crippen LogP contribution in [0.15, 0.2) is 182 Å². The lowest BCUT2D eigenvalue weighted by molar-refractivity contribution is 0.191. The van der Waals surface area contributed by atoms with Crippen LogP contribution >= 0.6 is 0 Å². The van der Waals surface area contributed by atoms with E-state index in [-0.39, 0.29) is 5.41 Å². The standard InChI is InChI=1S/C55H42N2/c1-2-12-42(13-3-1)57-53-17-9-7-15-48(53)49-27-25-45(34-54(49)57)56(44-24-20-36-10-4-5-11-38(36)32-44)43-22-18-37(19-23-43)39-21-26-47-46-14-6-8-16-50(46)55(52(47)33-39)41-29-35-28-40(31-41)51(55)30-35/h1-27,32-35,40-41,51H,28-31H2. The Hall–Kier alpha value is -6.38. The predicted octanol–water partition coefficient (Wildman–Crippen LogP) is 14.4. The highest BCUT2D eigenvalue weighted by atomic mass is 15.1. The molecule has 0 radical (unpaired) electrons. The molecular weight excluding hydrogens is 689 g/mol. The minimum atomic E-state index is 0.188. The molecule has 9 aromatic rings. The smallest absolute Gasteiger partial charge is 0.0561 e. The second-order valence-corrected chi connectivity index (χ2v) is 17.4. The number of nitrogens with zero attached hydrogens (tertiary/aromatic N) is 2. The van der Waals surface area contributed by atoms with Crippen LogP contribution in [0.5, 0.6) is 0 Å². The second kappa shape index (κ2) is 11.8. The lowest BCUT2D eigenvalue weighted by Gasteiger charge is -2.44.